The normalized spacial score (nSPS) is 10.8. The fourth-order valence-electron chi connectivity index (χ4n) is 2.12. The summed E-state index contributed by atoms with van der Waals surface area (Å²) in [4.78, 5) is 25.5. The molecular formula is C16H14BrN3O3S3. The maximum atomic E-state index is 12.0. The predicted molar refractivity (Wildman–Crippen MR) is 107 cm³/mol. The Morgan fingerprint density at radius 2 is 2.15 bits per heavy atom. The monoisotopic (exact) mass is 471 g/mol. The lowest BCUT2D eigenvalue weighted by Gasteiger charge is -2.06. The van der Waals surface area contributed by atoms with Crippen molar-refractivity contribution in [2.45, 2.75) is 18.6 Å². The molecule has 3 rings (SSSR count). The van der Waals surface area contributed by atoms with E-state index in [2.05, 4.69) is 26.1 Å². The zero-order valence-corrected chi connectivity index (χ0v) is 17.7. The number of ketones is 1. The minimum Gasteiger partial charge on any atom is -0.457 e. The molecule has 0 bridgehead atoms. The molecule has 6 nitrogen and oxygen atoms in total. The van der Waals surface area contributed by atoms with Crippen LogP contribution in [0.15, 0.2) is 38.6 Å². The molecule has 0 fully saturated rings. The van der Waals surface area contributed by atoms with Crippen LogP contribution in [0.1, 0.15) is 16.6 Å². The molecule has 0 atom stereocenters. The summed E-state index contributed by atoms with van der Waals surface area (Å²) < 4.78 is 7.89. The van der Waals surface area contributed by atoms with Gasteiger partial charge in [0.15, 0.2) is 17.6 Å². The second-order valence-corrected chi connectivity index (χ2v) is 9.36. The molecule has 10 heteroatoms. The summed E-state index contributed by atoms with van der Waals surface area (Å²) >= 11 is 7.46. The fourth-order valence-corrected chi connectivity index (χ4v) is 4.94. The largest absolute Gasteiger partial charge is 0.457 e. The summed E-state index contributed by atoms with van der Waals surface area (Å²) in [5, 5.41) is 11.0. The minimum absolute atomic E-state index is 0.0734. The number of thiophene rings is 2. The van der Waals surface area contributed by atoms with E-state index in [0.717, 1.165) is 14.5 Å². The average molecular weight is 472 g/mol. The quantitative estimate of drug-likeness (QED) is 0.276. The highest BCUT2D eigenvalue weighted by Gasteiger charge is 2.17. The van der Waals surface area contributed by atoms with Gasteiger partial charge in [-0.3, -0.25) is 9.59 Å². The van der Waals surface area contributed by atoms with Crippen molar-refractivity contribution in [1.29, 1.82) is 0 Å². The topological polar surface area (TPSA) is 74.1 Å². The molecule has 0 aromatic carbocycles. The van der Waals surface area contributed by atoms with Crippen molar-refractivity contribution in [3.8, 4) is 10.7 Å². The number of halogens is 1. The van der Waals surface area contributed by atoms with Gasteiger partial charge in [-0.05, 0) is 46.4 Å². The second kappa shape index (κ2) is 8.94. The van der Waals surface area contributed by atoms with Gasteiger partial charge in [0, 0.05) is 6.54 Å². The van der Waals surface area contributed by atoms with E-state index in [1.807, 2.05) is 29.0 Å². The minimum atomic E-state index is -0.456. The van der Waals surface area contributed by atoms with Crippen molar-refractivity contribution < 1.29 is 14.3 Å². The van der Waals surface area contributed by atoms with Gasteiger partial charge >= 0.3 is 5.97 Å². The van der Waals surface area contributed by atoms with Crippen LogP contribution in [0.5, 0.6) is 0 Å². The van der Waals surface area contributed by atoms with Gasteiger partial charge in [0.05, 0.1) is 19.3 Å². The van der Waals surface area contributed by atoms with Crippen molar-refractivity contribution in [1.82, 2.24) is 14.8 Å². The summed E-state index contributed by atoms with van der Waals surface area (Å²) in [6, 6.07) is 7.44. The molecule has 0 saturated carbocycles. The molecule has 3 aromatic rings. The van der Waals surface area contributed by atoms with Gasteiger partial charge < -0.3 is 9.30 Å². The van der Waals surface area contributed by atoms with Gasteiger partial charge in [-0.2, -0.15) is 0 Å². The highest BCUT2D eigenvalue weighted by atomic mass is 79.9. The Hall–Kier alpha value is -1.49. The maximum absolute atomic E-state index is 12.0. The van der Waals surface area contributed by atoms with Crippen LogP contribution >= 0.6 is 50.4 Å². The number of ether oxygens (including phenoxy) is 1. The molecule has 3 heterocycles. The lowest BCUT2D eigenvalue weighted by atomic mass is 10.3. The van der Waals surface area contributed by atoms with Crippen molar-refractivity contribution in [2.75, 3.05) is 12.4 Å². The fraction of sp³-hybridized carbons (Fsp3) is 0.250. The van der Waals surface area contributed by atoms with Crippen LogP contribution in [0.2, 0.25) is 0 Å². The third-order valence-corrected chi connectivity index (χ3v) is 6.78. The molecule has 0 radical (unpaired) electrons. The highest BCUT2D eigenvalue weighted by Crippen LogP contribution is 2.27. The van der Waals surface area contributed by atoms with Gasteiger partial charge in [0.2, 0.25) is 5.78 Å². The van der Waals surface area contributed by atoms with Crippen LogP contribution < -0.4 is 0 Å². The SMILES string of the molecule is CCn1c(SCC(=O)OCC(=O)c2ccc(Br)s2)nnc1-c1cccs1. The number of hydrogen-bond donors (Lipinski definition) is 0. The van der Waals surface area contributed by atoms with E-state index in [9.17, 15) is 9.59 Å². The third-order valence-electron chi connectivity index (χ3n) is 3.31. The Morgan fingerprint density at radius 1 is 1.31 bits per heavy atom. The van der Waals surface area contributed by atoms with E-state index in [4.69, 9.17) is 4.74 Å². The molecule has 0 spiro atoms. The average Bonchev–Trinajstić information content (AvgIpc) is 3.37. The number of carbonyl (C=O) groups excluding carboxylic acids is 2. The Balaban J connectivity index is 1.54. The first-order valence-electron chi connectivity index (χ1n) is 7.62. The molecule has 136 valence electrons. The zero-order valence-electron chi connectivity index (χ0n) is 13.7. The van der Waals surface area contributed by atoms with Gasteiger partial charge in [0.25, 0.3) is 0 Å². The smallest absolute Gasteiger partial charge is 0.316 e. The molecular weight excluding hydrogens is 458 g/mol. The van der Waals surface area contributed by atoms with Gasteiger partial charge in [-0.1, -0.05) is 17.8 Å². The number of aromatic nitrogens is 3. The van der Waals surface area contributed by atoms with Crippen LogP contribution in [-0.2, 0) is 16.1 Å². The van der Waals surface area contributed by atoms with Crippen molar-refractivity contribution in [3.05, 3.63) is 38.3 Å². The van der Waals surface area contributed by atoms with E-state index in [-0.39, 0.29) is 18.1 Å². The molecule has 0 N–H and O–H groups in total. The molecule has 0 aliphatic carbocycles. The van der Waals surface area contributed by atoms with E-state index in [1.165, 1.54) is 23.1 Å². The van der Waals surface area contributed by atoms with Crippen LogP contribution in [0, 0.1) is 0 Å². The first-order chi connectivity index (χ1) is 12.6. The number of Topliss-reactive ketones (excluding diaryl/α,β-unsaturated/α-hetero) is 1. The van der Waals surface area contributed by atoms with Gasteiger partial charge in [0.1, 0.15) is 0 Å². The Morgan fingerprint density at radius 3 is 2.81 bits per heavy atom. The maximum Gasteiger partial charge on any atom is 0.316 e. The molecule has 0 saturated heterocycles. The van der Waals surface area contributed by atoms with Crippen molar-refractivity contribution in [2.24, 2.45) is 0 Å². The van der Waals surface area contributed by atoms with E-state index >= 15 is 0 Å². The molecule has 0 aliphatic rings. The summed E-state index contributed by atoms with van der Waals surface area (Å²) in [6.07, 6.45) is 0. The first kappa shape index (κ1) is 19.3. The number of esters is 1. The summed E-state index contributed by atoms with van der Waals surface area (Å²) in [5.41, 5.74) is 0. The predicted octanol–water partition coefficient (Wildman–Crippen LogP) is 4.37. The number of thioether (sulfide) groups is 1. The van der Waals surface area contributed by atoms with E-state index in [0.29, 0.717) is 16.6 Å². The number of nitrogens with zero attached hydrogens (tertiary/aromatic N) is 3. The summed E-state index contributed by atoms with van der Waals surface area (Å²) in [7, 11) is 0. The van der Waals surface area contributed by atoms with Crippen LogP contribution in [0.25, 0.3) is 10.7 Å². The third kappa shape index (κ3) is 4.61. The molecule has 0 aliphatic heterocycles. The second-order valence-electron chi connectivity index (χ2n) is 5.00. The molecule has 3 aromatic heterocycles. The van der Waals surface area contributed by atoms with Crippen LogP contribution in [0.3, 0.4) is 0 Å². The van der Waals surface area contributed by atoms with Crippen LogP contribution in [0.4, 0.5) is 0 Å². The van der Waals surface area contributed by atoms with E-state index < -0.39 is 5.97 Å². The van der Waals surface area contributed by atoms with Gasteiger partial charge in [-0.15, -0.1) is 32.9 Å². The number of hydrogen-bond acceptors (Lipinski definition) is 8. The number of carbonyl (C=O) groups is 2. The zero-order chi connectivity index (χ0) is 18.5. The summed E-state index contributed by atoms with van der Waals surface area (Å²) in [5.74, 6) is 0.194. The lowest BCUT2D eigenvalue weighted by Crippen LogP contribution is -2.15. The van der Waals surface area contributed by atoms with Crippen molar-refractivity contribution in [3.63, 3.8) is 0 Å². The Kier molecular flexibility index (Phi) is 6.63. The molecule has 0 unspecified atom stereocenters. The Labute approximate surface area is 170 Å². The van der Waals surface area contributed by atoms with Crippen molar-refractivity contribution >= 4 is 62.1 Å². The standard InChI is InChI=1S/C16H14BrN3O3S3/c1-2-20-15(12-4-3-7-24-12)18-19-16(20)25-9-14(22)23-8-10(21)11-5-6-13(17)26-11/h3-7H,2,8-9H2,1H3. The first-order valence-corrected chi connectivity index (χ1v) is 11.1. The lowest BCUT2D eigenvalue weighted by molar-refractivity contribution is -0.139. The van der Waals surface area contributed by atoms with Crippen LogP contribution in [-0.4, -0.2) is 38.9 Å². The van der Waals surface area contributed by atoms with Gasteiger partial charge in [-0.25, -0.2) is 0 Å². The summed E-state index contributed by atoms with van der Waals surface area (Å²) in [6.45, 7) is 2.44. The number of rotatable bonds is 8. The Bertz CT molecular complexity index is 905. The molecule has 0 amide bonds. The van der Waals surface area contributed by atoms with E-state index in [1.54, 1.807) is 23.5 Å². The molecule has 26 heavy (non-hydrogen) atoms. The highest BCUT2D eigenvalue weighted by molar-refractivity contribution is 9.11.